The Morgan fingerprint density at radius 1 is 1.36 bits per heavy atom. The van der Waals surface area contributed by atoms with Crippen molar-refractivity contribution >= 4 is 17.5 Å². The van der Waals surface area contributed by atoms with Gasteiger partial charge in [-0.3, -0.25) is 9.59 Å². The van der Waals surface area contributed by atoms with Crippen LogP contribution in [-0.4, -0.2) is 30.4 Å². The number of nitrogens with one attached hydrogen (secondary N) is 1. The quantitative estimate of drug-likeness (QED) is 0.867. The van der Waals surface area contributed by atoms with Gasteiger partial charge in [-0.25, -0.2) is 0 Å². The first kappa shape index (κ1) is 16.5. The van der Waals surface area contributed by atoms with E-state index in [0.29, 0.717) is 13.0 Å². The molecule has 1 atom stereocenters. The van der Waals surface area contributed by atoms with Crippen LogP contribution in [0.2, 0.25) is 0 Å². The number of nitrogens with zero attached hydrogens (tertiary/aromatic N) is 1. The summed E-state index contributed by atoms with van der Waals surface area (Å²) in [5, 5.41) is 2.68. The Labute approximate surface area is 131 Å². The fourth-order valence-corrected chi connectivity index (χ4v) is 2.88. The van der Waals surface area contributed by atoms with Crippen LogP contribution >= 0.6 is 0 Å². The molecule has 22 heavy (non-hydrogen) atoms. The van der Waals surface area contributed by atoms with Gasteiger partial charge in [0.15, 0.2) is 0 Å². The number of carbonyl (C=O) groups is 2. The van der Waals surface area contributed by atoms with E-state index >= 15 is 0 Å². The average Bonchev–Trinajstić information content (AvgIpc) is 2.51. The molecule has 0 fully saturated rings. The molecule has 1 aromatic carbocycles. The number of benzene rings is 1. The van der Waals surface area contributed by atoms with Crippen LogP contribution in [0.5, 0.6) is 0 Å². The van der Waals surface area contributed by atoms with Gasteiger partial charge in [-0.1, -0.05) is 31.5 Å². The Morgan fingerprint density at radius 3 is 2.82 bits per heavy atom. The largest absolute Gasteiger partial charge is 0.345 e. The molecule has 1 unspecified atom stereocenters. The first-order chi connectivity index (χ1) is 10.5. The number of nitrogens with two attached hydrogens (primary N) is 1. The average molecular weight is 303 g/mol. The zero-order chi connectivity index (χ0) is 16.2. The van der Waals surface area contributed by atoms with Gasteiger partial charge in [0.05, 0.1) is 12.1 Å². The van der Waals surface area contributed by atoms with Crippen LogP contribution < -0.4 is 16.0 Å². The highest BCUT2D eigenvalue weighted by Gasteiger charge is 2.28. The van der Waals surface area contributed by atoms with Crippen LogP contribution in [0.1, 0.15) is 38.7 Å². The van der Waals surface area contributed by atoms with E-state index in [-0.39, 0.29) is 18.4 Å². The lowest BCUT2D eigenvalue weighted by molar-refractivity contribution is -0.128. The molecule has 1 aliphatic rings. The number of hydrogen-bond donors (Lipinski definition) is 2. The van der Waals surface area contributed by atoms with Crippen molar-refractivity contribution in [2.75, 3.05) is 18.0 Å². The van der Waals surface area contributed by atoms with E-state index in [1.54, 1.807) is 11.8 Å². The highest BCUT2D eigenvalue weighted by Crippen LogP contribution is 2.26. The van der Waals surface area contributed by atoms with Crippen LogP contribution in [0.3, 0.4) is 0 Å². The maximum atomic E-state index is 12.4. The topological polar surface area (TPSA) is 75.4 Å². The molecule has 1 aliphatic heterocycles. The van der Waals surface area contributed by atoms with Gasteiger partial charge in [0.1, 0.15) is 0 Å². The molecule has 0 aromatic heterocycles. The van der Waals surface area contributed by atoms with Crippen molar-refractivity contribution in [3.63, 3.8) is 0 Å². The minimum Gasteiger partial charge on any atom is -0.345 e. The molecule has 5 heteroatoms. The predicted molar refractivity (Wildman–Crippen MR) is 87.6 cm³/mol. The Balaban J connectivity index is 1.98. The third-order valence-corrected chi connectivity index (χ3v) is 4.10. The van der Waals surface area contributed by atoms with E-state index < -0.39 is 5.54 Å². The molecule has 1 heterocycles. The van der Waals surface area contributed by atoms with Crippen molar-refractivity contribution in [3.8, 4) is 0 Å². The summed E-state index contributed by atoms with van der Waals surface area (Å²) in [5.74, 6) is -0.360. The van der Waals surface area contributed by atoms with E-state index in [2.05, 4.69) is 5.32 Å². The molecule has 0 radical (unpaired) electrons. The van der Waals surface area contributed by atoms with Crippen LogP contribution in [-0.2, 0) is 16.0 Å². The monoisotopic (exact) mass is 303 g/mol. The van der Waals surface area contributed by atoms with Crippen LogP contribution in [0.4, 0.5) is 5.69 Å². The molecule has 2 amide bonds. The number of anilines is 1. The first-order valence-electron chi connectivity index (χ1n) is 7.91. The van der Waals surface area contributed by atoms with Gasteiger partial charge in [-0.05, 0) is 37.8 Å². The molecule has 2 rings (SSSR count). The lowest BCUT2D eigenvalue weighted by Crippen LogP contribution is -2.54. The summed E-state index contributed by atoms with van der Waals surface area (Å²) in [6, 6.07) is 7.92. The Bertz CT molecular complexity index is 555. The molecule has 0 saturated carbocycles. The lowest BCUT2D eigenvalue weighted by Gasteiger charge is -2.30. The zero-order valence-electron chi connectivity index (χ0n) is 13.4. The maximum Gasteiger partial charge on any atom is 0.246 e. The van der Waals surface area contributed by atoms with Gasteiger partial charge >= 0.3 is 0 Å². The van der Waals surface area contributed by atoms with Crippen LogP contribution in [0.25, 0.3) is 0 Å². The number of rotatable bonds is 5. The number of hydrogen-bond acceptors (Lipinski definition) is 3. The second-order valence-corrected chi connectivity index (χ2v) is 6.13. The summed E-state index contributed by atoms with van der Waals surface area (Å²) < 4.78 is 0. The molecule has 0 aliphatic carbocycles. The zero-order valence-corrected chi connectivity index (χ0v) is 13.4. The van der Waals surface area contributed by atoms with Crippen molar-refractivity contribution in [1.82, 2.24) is 5.32 Å². The van der Waals surface area contributed by atoms with E-state index in [1.807, 2.05) is 31.2 Å². The SMILES string of the molecule is CCCC(C)(N)C(=O)NCC(=O)N1CCCc2ccccc21. The van der Waals surface area contributed by atoms with Crippen molar-refractivity contribution in [2.24, 2.45) is 5.73 Å². The third kappa shape index (κ3) is 3.65. The maximum absolute atomic E-state index is 12.4. The molecule has 5 nitrogen and oxygen atoms in total. The predicted octanol–water partition coefficient (Wildman–Crippen LogP) is 1.60. The highest BCUT2D eigenvalue weighted by atomic mass is 16.2. The van der Waals surface area contributed by atoms with Gasteiger partial charge in [-0.15, -0.1) is 0 Å². The molecule has 1 aromatic rings. The molecule has 3 N–H and O–H groups in total. The van der Waals surface area contributed by atoms with Gasteiger partial charge in [-0.2, -0.15) is 0 Å². The van der Waals surface area contributed by atoms with Crippen LogP contribution in [0, 0.1) is 0 Å². The van der Waals surface area contributed by atoms with E-state index in [4.69, 9.17) is 5.73 Å². The summed E-state index contributed by atoms with van der Waals surface area (Å²) in [6.07, 6.45) is 3.36. The highest BCUT2D eigenvalue weighted by molar-refractivity contribution is 5.98. The number of carbonyl (C=O) groups excluding carboxylic acids is 2. The minimum absolute atomic E-state index is 0.0102. The molecular weight excluding hydrogens is 278 g/mol. The van der Waals surface area contributed by atoms with Gasteiger partial charge < -0.3 is 16.0 Å². The summed E-state index contributed by atoms with van der Waals surface area (Å²) in [5.41, 5.74) is 7.19. The summed E-state index contributed by atoms with van der Waals surface area (Å²) in [4.78, 5) is 26.3. The van der Waals surface area contributed by atoms with Gasteiger partial charge in [0.2, 0.25) is 11.8 Å². The standard InChI is InChI=1S/C17H25N3O2/c1-3-10-17(2,18)16(22)19-12-15(21)20-11-6-8-13-7-4-5-9-14(13)20/h4-5,7,9H,3,6,8,10-12,18H2,1-2H3,(H,19,22). The van der Waals surface area contributed by atoms with E-state index in [0.717, 1.165) is 24.9 Å². The Morgan fingerprint density at radius 2 is 2.09 bits per heavy atom. The van der Waals surface area contributed by atoms with Gasteiger partial charge in [0.25, 0.3) is 0 Å². The number of amides is 2. The second kappa shape index (κ2) is 6.92. The summed E-state index contributed by atoms with van der Waals surface area (Å²) in [6.45, 7) is 4.37. The molecule has 120 valence electrons. The van der Waals surface area contributed by atoms with E-state index in [9.17, 15) is 9.59 Å². The second-order valence-electron chi connectivity index (χ2n) is 6.13. The first-order valence-corrected chi connectivity index (χ1v) is 7.91. The Hall–Kier alpha value is -1.88. The summed E-state index contributed by atoms with van der Waals surface area (Å²) >= 11 is 0. The van der Waals surface area contributed by atoms with Crippen molar-refractivity contribution < 1.29 is 9.59 Å². The Kier molecular flexibility index (Phi) is 5.19. The normalized spacial score (nSPS) is 16.6. The minimum atomic E-state index is -0.922. The fourth-order valence-electron chi connectivity index (χ4n) is 2.88. The van der Waals surface area contributed by atoms with Crippen LogP contribution in [0.15, 0.2) is 24.3 Å². The molecule has 0 saturated heterocycles. The fraction of sp³-hybridized carbons (Fsp3) is 0.529. The third-order valence-electron chi connectivity index (χ3n) is 4.10. The smallest absolute Gasteiger partial charge is 0.246 e. The van der Waals surface area contributed by atoms with Crippen molar-refractivity contribution in [1.29, 1.82) is 0 Å². The lowest BCUT2D eigenvalue weighted by atomic mass is 9.96. The van der Waals surface area contributed by atoms with Crippen molar-refractivity contribution in [3.05, 3.63) is 29.8 Å². The number of para-hydroxylation sites is 1. The summed E-state index contributed by atoms with van der Waals surface area (Å²) in [7, 11) is 0. The number of fused-ring (bicyclic) bond motifs is 1. The van der Waals surface area contributed by atoms with Gasteiger partial charge in [0, 0.05) is 12.2 Å². The van der Waals surface area contributed by atoms with E-state index in [1.165, 1.54) is 5.56 Å². The molecule has 0 bridgehead atoms. The number of aryl methyl sites for hydroxylation is 1. The molecule has 0 spiro atoms. The van der Waals surface area contributed by atoms with Crippen molar-refractivity contribution in [2.45, 2.75) is 45.1 Å². The molecular formula is C17H25N3O2.